The lowest BCUT2D eigenvalue weighted by Crippen LogP contribution is -2.32. The fourth-order valence-electron chi connectivity index (χ4n) is 2.05. The molecular formula is C15H23NO5. The van der Waals surface area contributed by atoms with Gasteiger partial charge in [0, 0.05) is 25.3 Å². The molecule has 0 aromatic heterocycles. The van der Waals surface area contributed by atoms with Crippen molar-refractivity contribution in [2.75, 3.05) is 41.0 Å². The number of benzene rings is 1. The van der Waals surface area contributed by atoms with Gasteiger partial charge >= 0.3 is 0 Å². The lowest BCUT2D eigenvalue weighted by molar-refractivity contribution is 0.0753. The van der Waals surface area contributed by atoms with Gasteiger partial charge < -0.3 is 24.2 Å². The van der Waals surface area contributed by atoms with Crippen molar-refractivity contribution in [3.8, 4) is 17.2 Å². The third kappa shape index (κ3) is 4.01. The van der Waals surface area contributed by atoms with Gasteiger partial charge in [-0.15, -0.1) is 0 Å². The van der Waals surface area contributed by atoms with Gasteiger partial charge in [-0.3, -0.25) is 4.79 Å². The summed E-state index contributed by atoms with van der Waals surface area (Å²) in [6.07, 6.45) is 0.546. The van der Waals surface area contributed by atoms with Crippen molar-refractivity contribution >= 4 is 5.91 Å². The summed E-state index contributed by atoms with van der Waals surface area (Å²) in [5.41, 5.74) is 0.462. The number of methoxy groups -OCH3 is 3. The number of aliphatic hydroxyl groups excluding tert-OH is 1. The van der Waals surface area contributed by atoms with Crippen LogP contribution in [0, 0.1) is 0 Å². The van der Waals surface area contributed by atoms with Gasteiger partial charge in [-0.1, -0.05) is 0 Å². The summed E-state index contributed by atoms with van der Waals surface area (Å²) in [7, 11) is 4.53. The Morgan fingerprint density at radius 3 is 2.10 bits per heavy atom. The number of ether oxygens (including phenoxy) is 3. The van der Waals surface area contributed by atoms with Gasteiger partial charge in [-0.25, -0.2) is 0 Å². The Labute approximate surface area is 125 Å². The van der Waals surface area contributed by atoms with Gasteiger partial charge in [0.25, 0.3) is 5.91 Å². The molecule has 0 unspecified atom stereocenters. The van der Waals surface area contributed by atoms with E-state index in [0.717, 1.165) is 0 Å². The van der Waals surface area contributed by atoms with Crippen molar-refractivity contribution in [1.82, 2.24) is 4.90 Å². The van der Waals surface area contributed by atoms with E-state index in [1.807, 2.05) is 6.92 Å². The first kappa shape index (κ1) is 17.1. The summed E-state index contributed by atoms with van der Waals surface area (Å²) in [6, 6.07) is 3.26. The third-order valence-corrected chi connectivity index (χ3v) is 3.17. The van der Waals surface area contributed by atoms with Crippen LogP contribution in [0.2, 0.25) is 0 Å². The number of aliphatic hydroxyl groups is 1. The van der Waals surface area contributed by atoms with E-state index in [4.69, 9.17) is 19.3 Å². The van der Waals surface area contributed by atoms with Crippen LogP contribution in [0.15, 0.2) is 12.1 Å². The van der Waals surface area contributed by atoms with Gasteiger partial charge in [0.05, 0.1) is 21.3 Å². The summed E-state index contributed by atoms with van der Waals surface area (Å²) in [5, 5.41) is 8.90. The molecule has 0 saturated carbocycles. The minimum atomic E-state index is -0.134. The van der Waals surface area contributed by atoms with Crippen molar-refractivity contribution in [3.05, 3.63) is 17.7 Å². The summed E-state index contributed by atoms with van der Waals surface area (Å²) in [5.74, 6) is 1.21. The highest BCUT2D eigenvalue weighted by atomic mass is 16.5. The van der Waals surface area contributed by atoms with E-state index in [-0.39, 0.29) is 12.5 Å². The maximum absolute atomic E-state index is 12.5. The molecule has 0 aliphatic rings. The van der Waals surface area contributed by atoms with Gasteiger partial charge in [-0.05, 0) is 25.5 Å². The topological polar surface area (TPSA) is 68.2 Å². The molecule has 0 fully saturated rings. The Balaban J connectivity index is 3.14. The van der Waals surface area contributed by atoms with Gasteiger partial charge in [0.1, 0.15) is 0 Å². The van der Waals surface area contributed by atoms with Crippen LogP contribution in [0.1, 0.15) is 23.7 Å². The maximum Gasteiger partial charge on any atom is 0.254 e. The number of rotatable bonds is 8. The molecule has 6 heteroatoms. The Morgan fingerprint density at radius 1 is 1.14 bits per heavy atom. The zero-order chi connectivity index (χ0) is 15.8. The Morgan fingerprint density at radius 2 is 1.71 bits per heavy atom. The molecule has 1 rings (SSSR count). The molecule has 0 atom stereocenters. The zero-order valence-corrected chi connectivity index (χ0v) is 13.0. The first-order valence-corrected chi connectivity index (χ1v) is 6.83. The predicted octanol–water partition coefficient (Wildman–Crippen LogP) is 1.56. The van der Waals surface area contributed by atoms with E-state index < -0.39 is 0 Å². The van der Waals surface area contributed by atoms with E-state index in [2.05, 4.69) is 0 Å². The largest absolute Gasteiger partial charge is 0.493 e. The van der Waals surface area contributed by atoms with Crippen molar-refractivity contribution in [2.24, 2.45) is 0 Å². The summed E-state index contributed by atoms with van der Waals surface area (Å²) < 4.78 is 15.7. The Bertz CT molecular complexity index is 450. The Hall–Kier alpha value is -1.95. The van der Waals surface area contributed by atoms with Crippen LogP contribution in [0.5, 0.6) is 17.2 Å². The highest BCUT2D eigenvalue weighted by molar-refractivity contribution is 5.95. The molecule has 0 aliphatic heterocycles. The average molecular weight is 297 g/mol. The van der Waals surface area contributed by atoms with E-state index >= 15 is 0 Å². The molecule has 1 amide bonds. The van der Waals surface area contributed by atoms with Gasteiger partial charge in [0.2, 0.25) is 5.75 Å². The zero-order valence-electron chi connectivity index (χ0n) is 13.0. The van der Waals surface area contributed by atoms with Crippen LogP contribution in [0.3, 0.4) is 0 Å². The second-order valence-electron chi connectivity index (χ2n) is 4.38. The highest BCUT2D eigenvalue weighted by Crippen LogP contribution is 2.38. The molecule has 0 saturated heterocycles. The number of hydrogen-bond donors (Lipinski definition) is 1. The van der Waals surface area contributed by atoms with E-state index in [9.17, 15) is 4.79 Å². The quantitative estimate of drug-likeness (QED) is 0.788. The number of carbonyl (C=O) groups is 1. The number of hydrogen-bond acceptors (Lipinski definition) is 5. The minimum absolute atomic E-state index is 0.0546. The first-order chi connectivity index (χ1) is 10.1. The Kier molecular flexibility index (Phi) is 6.81. The lowest BCUT2D eigenvalue weighted by Gasteiger charge is -2.21. The minimum Gasteiger partial charge on any atom is -0.493 e. The van der Waals surface area contributed by atoms with Crippen molar-refractivity contribution in [1.29, 1.82) is 0 Å². The van der Waals surface area contributed by atoms with Crippen LogP contribution in [-0.2, 0) is 0 Å². The fourth-order valence-corrected chi connectivity index (χ4v) is 2.05. The fraction of sp³-hybridized carbons (Fsp3) is 0.533. The van der Waals surface area contributed by atoms with Crippen LogP contribution in [-0.4, -0.2) is 56.9 Å². The van der Waals surface area contributed by atoms with Crippen LogP contribution >= 0.6 is 0 Å². The van der Waals surface area contributed by atoms with Crippen molar-refractivity contribution in [3.63, 3.8) is 0 Å². The molecule has 118 valence electrons. The molecule has 1 N–H and O–H groups in total. The van der Waals surface area contributed by atoms with E-state index in [1.165, 1.54) is 21.3 Å². The molecule has 0 bridgehead atoms. The summed E-state index contributed by atoms with van der Waals surface area (Å²) >= 11 is 0. The number of nitrogens with zero attached hydrogens (tertiary/aromatic N) is 1. The first-order valence-electron chi connectivity index (χ1n) is 6.83. The smallest absolute Gasteiger partial charge is 0.254 e. The molecule has 1 aromatic carbocycles. The molecule has 0 radical (unpaired) electrons. The summed E-state index contributed by atoms with van der Waals surface area (Å²) in [4.78, 5) is 14.2. The van der Waals surface area contributed by atoms with Gasteiger partial charge in [0.15, 0.2) is 11.5 Å². The normalized spacial score (nSPS) is 10.1. The molecule has 0 spiro atoms. The second-order valence-corrected chi connectivity index (χ2v) is 4.38. The second kappa shape index (κ2) is 8.36. The third-order valence-electron chi connectivity index (χ3n) is 3.17. The highest BCUT2D eigenvalue weighted by Gasteiger charge is 2.20. The molecule has 21 heavy (non-hydrogen) atoms. The van der Waals surface area contributed by atoms with E-state index in [0.29, 0.717) is 42.3 Å². The average Bonchev–Trinajstić information content (AvgIpc) is 2.53. The van der Waals surface area contributed by atoms with Crippen LogP contribution in [0.25, 0.3) is 0 Å². The van der Waals surface area contributed by atoms with Gasteiger partial charge in [-0.2, -0.15) is 0 Å². The molecule has 6 nitrogen and oxygen atoms in total. The lowest BCUT2D eigenvalue weighted by atomic mass is 10.1. The number of carbonyl (C=O) groups excluding carboxylic acids is 1. The summed E-state index contributed by atoms with van der Waals surface area (Å²) in [6.45, 7) is 3.02. The predicted molar refractivity (Wildman–Crippen MR) is 79.4 cm³/mol. The van der Waals surface area contributed by atoms with Crippen molar-refractivity contribution in [2.45, 2.75) is 13.3 Å². The standard InChI is InChI=1S/C15H23NO5/c1-5-16(7-6-8-17)15(18)11-9-12(19-2)14(21-4)13(10-11)20-3/h9-10,17H,5-8H2,1-4H3. The molecule has 0 heterocycles. The van der Waals surface area contributed by atoms with Crippen LogP contribution in [0.4, 0.5) is 0 Å². The van der Waals surface area contributed by atoms with E-state index in [1.54, 1.807) is 17.0 Å². The van der Waals surface area contributed by atoms with Crippen LogP contribution < -0.4 is 14.2 Å². The number of amides is 1. The monoisotopic (exact) mass is 297 g/mol. The molecule has 0 aliphatic carbocycles. The molecular weight excluding hydrogens is 274 g/mol. The maximum atomic E-state index is 12.5. The SMILES string of the molecule is CCN(CCCO)C(=O)c1cc(OC)c(OC)c(OC)c1. The molecule has 1 aromatic rings. The van der Waals surface area contributed by atoms with Crippen molar-refractivity contribution < 1.29 is 24.1 Å².